The van der Waals surface area contributed by atoms with Gasteiger partial charge in [-0.1, -0.05) is 0 Å². The Morgan fingerprint density at radius 1 is 1.19 bits per heavy atom. The van der Waals surface area contributed by atoms with Crippen LogP contribution in [0.2, 0.25) is 0 Å². The summed E-state index contributed by atoms with van der Waals surface area (Å²) in [5.74, 6) is -0.267. The average Bonchev–Trinajstić information content (AvgIpc) is 3.36. The van der Waals surface area contributed by atoms with Crippen molar-refractivity contribution in [1.82, 2.24) is 19.1 Å². The Kier molecular flexibility index (Phi) is 6.34. The molecule has 1 unspecified atom stereocenters. The highest BCUT2D eigenvalue weighted by Gasteiger charge is 2.33. The van der Waals surface area contributed by atoms with Crippen LogP contribution in [-0.4, -0.2) is 66.7 Å². The van der Waals surface area contributed by atoms with Crippen molar-refractivity contribution < 1.29 is 18.0 Å². The maximum absolute atomic E-state index is 13.2. The van der Waals surface area contributed by atoms with Crippen molar-refractivity contribution >= 4 is 32.7 Å². The van der Waals surface area contributed by atoms with E-state index >= 15 is 0 Å². The topological polar surface area (TPSA) is 91.7 Å². The van der Waals surface area contributed by atoms with E-state index in [2.05, 4.69) is 5.32 Å². The molecule has 1 N–H and O–H groups in total. The Morgan fingerprint density at radius 3 is 2.81 bits per heavy atom. The summed E-state index contributed by atoms with van der Waals surface area (Å²) in [4.78, 5) is 26.4. The molecule has 31 heavy (non-hydrogen) atoms. The number of likely N-dealkylation sites (tertiary alicyclic amines) is 1. The molecule has 4 rings (SSSR count). The molecule has 2 aromatic rings. The lowest BCUT2D eigenvalue weighted by atomic mass is 9.99. The number of nitrogens with one attached hydrogen (secondary N) is 1. The third kappa shape index (κ3) is 4.62. The minimum absolute atomic E-state index is 0.105. The molecule has 168 valence electrons. The Hall–Kier alpha value is -2.39. The van der Waals surface area contributed by atoms with Crippen LogP contribution >= 0.6 is 0 Å². The van der Waals surface area contributed by atoms with Gasteiger partial charge in [0, 0.05) is 63.3 Å². The zero-order valence-electron chi connectivity index (χ0n) is 17.9. The number of nitrogens with zero attached hydrogens (tertiary/aromatic N) is 3. The number of carbonyl (C=O) groups is 2. The van der Waals surface area contributed by atoms with Crippen molar-refractivity contribution in [2.45, 2.75) is 37.0 Å². The van der Waals surface area contributed by atoms with E-state index in [0.717, 1.165) is 23.9 Å². The summed E-state index contributed by atoms with van der Waals surface area (Å²) >= 11 is 0. The third-order valence-corrected chi connectivity index (χ3v) is 8.19. The second kappa shape index (κ2) is 9.00. The zero-order chi connectivity index (χ0) is 22.0. The molecule has 0 bridgehead atoms. The summed E-state index contributed by atoms with van der Waals surface area (Å²) < 4.78 is 29.8. The van der Waals surface area contributed by atoms with Crippen LogP contribution in [0.15, 0.2) is 35.4 Å². The first kappa shape index (κ1) is 21.8. The second-order valence-electron chi connectivity index (χ2n) is 8.48. The molecule has 0 saturated carbocycles. The van der Waals surface area contributed by atoms with Gasteiger partial charge in [-0.2, -0.15) is 4.31 Å². The van der Waals surface area contributed by atoms with E-state index in [1.165, 1.54) is 4.31 Å². The first-order valence-corrected chi connectivity index (χ1v) is 12.4. The number of aryl methyl sites for hydroxylation is 1. The van der Waals surface area contributed by atoms with Gasteiger partial charge < -0.3 is 14.8 Å². The Morgan fingerprint density at radius 2 is 2.03 bits per heavy atom. The molecule has 9 heteroatoms. The molecule has 2 fully saturated rings. The highest BCUT2D eigenvalue weighted by Crippen LogP contribution is 2.26. The van der Waals surface area contributed by atoms with Crippen LogP contribution in [0.5, 0.6) is 0 Å². The van der Waals surface area contributed by atoms with Crippen LogP contribution in [0.3, 0.4) is 0 Å². The molecule has 1 atom stereocenters. The summed E-state index contributed by atoms with van der Waals surface area (Å²) in [5.41, 5.74) is 0.977. The molecular formula is C22H30N4O4S. The molecule has 8 nitrogen and oxygen atoms in total. The number of fused-ring (bicyclic) bond motifs is 1. The van der Waals surface area contributed by atoms with E-state index in [4.69, 9.17) is 0 Å². The van der Waals surface area contributed by atoms with Gasteiger partial charge in [0.25, 0.3) is 0 Å². The number of carbonyl (C=O) groups excluding carboxylic acids is 2. The Labute approximate surface area is 183 Å². The fourth-order valence-electron chi connectivity index (χ4n) is 4.51. The van der Waals surface area contributed by atoms with E-state index in [0.29, 0.717) is 45.3 Å². The van der Waals surface area contributed by atoms with Gasteiger partial charge in [0.1, 0.15) is 0 Å². The first-order chi connectivity index (χ1) is 14.9. The van der Waals surface area contributed by atoms with E-state index in [-0.39, 0.29) is 29.2 Å². The summed E-state index contributed by atoms with van der Waals surface area (Å²) in [5, 5.41) is 3.81. The number of amides is 2. The minimum Gasteiger partial charge on any atom is -0.356 e. The lowest BCUT2D eigenvalue weighted by Gasteiger charge is -2.31. The zero-order valence-corrected chi connectivity index (χ0v) is 18.7. The van der Waals surface area contributed by atoms with E-state index in [9.17, 15) is 18.0 Å². The van der Waals surface area contributed by atoms with Crippen LogP contribution in [0, 0.1) is 5.92 Å². The number of hydrogen-bond donors (Lipinski definition) is 1. The second-order valence-corrected chi connectivity index (χ2v) is 10.4. The molecule has 2 amide bonds. The van der Waals surface area contributed by atoms with Gasteiger partial charge in [-0.3, -0.25) is 9.59 Å². The molecule has 0 aliphatic carbocycles. The number of piperidine rings is 1. The Balaban J connectivity index is 1.34. The monoisotopic (exact) mass is 446 g/mol. The van der Waals surface area contributed by atoms with Gasteiger partial charge in [-0.25, -0.2) is 8.42 Å². The largest absolute Gasteiger partial charge is 0.356 e. The van der Waals surface area contributed by atoms with Crippen molar-refractivity contribution in [3.8, 4) is 0 Å². The number of sulfonamides is 1. The summed E-state index contributed by atoms with van der Waals surface area (Å²) in [7, 11) is -1.73. The molecule has 2 aliphatic rings. The maximum Gasteiger partial charge on any atom is 0.243 e. The van der Waals surface area contributed by atoms with E-state index in [1.807, 2.05) is 34.8 Å². The molecule has 1 aromatic carbocycles. The number of aromatic nitrogens is 1. The average molecular weight is 447 g/mol. The molecule has 0 spiro atoms. The predicted molar refractivity (Wildman–Crippen MR) is 118 cm³/mol. The minimum atomic E-state index is -3.65. The number of hydrogen-bond acceptors (Lipinski definition) is 4. The standard InChI is InChI=1S/C22H30N4O4S/c1-24-14-9-17-15-19(7-8-20(17)24)31(29,30)26-13-2-5-18(16-26)22(28)23-10-4-12-25-11-3-6-21(25)27/h7-9,14-15,18H,2-6,10-13,16H2,1H3,(H,23,28). The van der Waals surface area contributed by atoms with Gasteiger partial charge in [0.05, 0.1) is 10.8 Å². The highest BCUT2D eigenvalue weighted by molar-refractivity contribution is 7.89. The summed E-state index contributed by atoms with van der Waals surface area (Å²) in [6.45, 7) is 2.58. The van der Waals surface area contributed by atoms with Crippen molar-refractivity contribution in [2.24, 2.45) is 13.0 Å². The van der Waals surface area contributed by atoms with Crippen LogP contribution in [0.25, 0.3) is 10.9 Å². The number of benzene rings is 1. The van der Waals surface area contributed by atoms with Gasteiger partial charge in [0.15, 0.2) is 0 Å². The van der Waals surface area contributed by atoms with E-state index in [1.54, 1.807) is 12.1 Å². The lowest BCUT2D eigenvalue weighted by molar-refractivity contribution is -0.127. The normalized spacial score (nSPS) is 20.5. The molecular weight excluding hydrogens is 416 g/mol. The maximum atomic E-state index is 13.2. The van der Waals surface area contributed by atoms with E-state index < -0.39 is 10.0 Å². The van der Waals surface area contributed by atoms with Gasteiger partial charge >= 0.3 is 0 Å². The third-order valence-electron chi connectivity index (χ3n) is 6.32. The van der Waals surface area contributed by atoms with Gasteiger partial charge in [-0.05, 0) is 49.9 Å². The fourth-order valence-corrected chi connectivity index (χ4v) is 6.07. The van der Waals surface area contributed by atoms with Crippen molar-refractivity contribution in [1.29, 1.82) is 0 Å². The van der Waals surface area contributed by atoms with Gasteiger partial charge in [-0.15, -0.1) is 0 Å². The molecule has 1 aromatic heterocycles. The van der Waals surface area contributed by atoms with Crippen molar-refractivity contribution in [2.75, 3.05) is 32.7 Å². The highest BCUT2D eigenvalue weighted by atomic mass is 32.2. The number of rotatable bonds is 7. The van der Waals surface area contributed by atoms with Crippen LogP contribution in [-0.2, 0) is 26.7 Å². The fraction of sp³-hybridized carbons (Fsp3) is 0.545. The van der Waals surface area contributed by atoms with Gasteiger partial charge in [0.2, 0.25) is 21.8 Å². The quantitative estimate of drug-likeness (QED) is 0.656. The Bertz CT molecular complexity index is 1080. The molecule has 2 aliphatic heterocycles. The molecule has 3 heterocycles. The van der Waals surface area contributed by atoms with Crippen LogP contribution in [0.1, 0.15) is 32.1 Å². The van der Waals surface area contributed by atoms with Crippen molar-refractivity contribution in [3.63, 3.8) is 0 Å². The van der Waals surface area contributed by atoms with Crippen molar-refractivity contribution in [3.05, 3.63) is 30.5 Å². The lowest BCUT2D eigenvalue weighted by Crippen LogP contribution is -2.45. The SMILES string of the molecule is Cn1ccc2cc(S(=O)(=O)N3CCCC(C(=O)NCCCN4CCCC4=O)C3)ccc21. The smallest absolute Gasteiger partial charge is 0.243 e. The molecule has 0 radical (unpaired) electrons. The predicted octanol–water partition coefficient (Wildman–Crippen LogP) is 1.71. The van der Waals surface area contributed by atoms with Crippen LogP contribution < -0.4 is 5.32 Å². The summed E-state index contributed by atoms with van der Waals surface area (Å²) in [6.07, 6.45) is 5.49. The first-order valence-electron chi connectivity index (χ1n) is 11.0. The summed E-state index contributed by atoms with van der Waals surface area (Å²) in [6, 6.07) is 7.06. The molecule has 2 saturated heterocycles. The van der Waals surface area contributed by atoms with Crippen LogP contribution in [0.4, 0.5) is 0 Å².